The molecule has 0 unspecified atom stereocenters. The first-order valence-electron chi connectivity index (χ1n) is 12.3. The number of ketones is 1. The molecule has 2 aliphatic carbocycles. The van der Waals surface area contributed by atoms with Crippen LogP contribution in [0.2, 0.25) is 0 Å². The third kappa shape index (κ3) is 4.19. The first kappa shape index (κ1) is 23.5. The molecule has 0 bridgehead atoms. The molecule has 0 aromatic heterocycles. The van der Waals surface area contributed by atoms with E-state index in [2.05, 4.69) is 45.9 Å². The molecule has 1 aromatic rings. The minimum absolute atomic E-state index is 0.0613. The molecular formula is C29H36N2O2. The number of anilines is 1. The second kappa shape index (κ2) is 8.60. The fourth-order valence-corrected chi connectivity index (χ4v) is 6.41. The van der Waals surface area contributed by atoms with Crippen molar-refractivity contribution in [3.05, 3.63) is 53.3 Å². The summed E-state index contributed by atoms with van der Waals surface area (Å²) in [4.78, 5) is 28.4. The molecule has 1 aromatic carbocycles. The van der Waals surface area contributed by atoms with Gasteiger partial charge in [0.25, 0.3) is 0 Å². The van der Waals surface area contributed by atoms with Crippen molar-refractivity contribution in [2.75, 3.05) is 4.90 Å². The zero-order chi connectivity index (χ0) is 24.0. The Labute approximate surface area is 198 Å². The van der Waals surface area contributed by atoms with Gasteiger partial charge in [0, 0.05) is 36.1 Å². The van der Waals surface area contributed by atoms with Gasteiger partial charge in [0.1, 0.15) is 0 Å². The van der Waals surface area contributed by atoms with Gasteiger partial charge in [0.2, 0.25) is 5.91 Å². The van der Waals surface area contributed by atoms with E-state index in [9.17, 15) is 9.59 Å². The quantitative estimate of drug-likeness (QED) is 0.536. The zero-order valence-electron chi connectivity index (χ0n) is 20.6. The first-order valence-corrected chi connectivity index (χ1v) is 12.3. The van der Waals surface area contributed by atoms with Gasteiger partial charge in [-0.2, -0.15) is 5.26 Å². The maximum atomic E-state index is 13.3. The molecule has 1 aliphatic heterocycles. The number of rotatable bonds is 3. The lowest BCUT2D eigenvalue weighted by Crippen LogP contribution is -2.48. The van der Waals surface area contributed by atoms with E-state index in [1.54, 1.807) is 0 Å². The SMILES string of the molecule is CC1=CC(=O)[C@H]2[C@@H](CCC3=CN(c4ccc(C(C)(C)C)cc4)C(=O)CC[C@@]32C)[C@@H]1CCC#N. The number of nitrogens with zero attached hydrogens (tertiary/aromatic N) is 2. The highest BCUT2D eigenvalue weighted by atomic mass is 16.2. The highest BCUT2D eigenvalue weighted by Gasteiger charge is 2.53. The van der Waals surface area contributed by atoms with Gasteiger partial charge in [-0.25, -0.2) is 0 Å². The number of nitriles is 1. The summed E-state index contributed by atoms with van der Waals surface area (Å²) in [5, 5.41) is 9.15. The van der Waals surface area contributed by atoms with E-state index in [4.69, 9.17) is 5.26 Å². The van der Waals surface area contributed by atoms with Crippen molar-refractivity contribution in [3.63, 3.8) is 0 Å². The van der Waals surface area contributed by atoms with Crippen molar-refractivity contribution in [1.29, 1.82) is 5.26 Å². The topological polar surface area (TPSA) is 61.2 Å². The fourth-order valence-electron chi connectivity index (χ4n) is 6.41. The lowest BCUT2D eigenvalue weighted by Gasteiger charge is -2.51. The van der Waals surface area contributed by atoms with Crippen LogP contribution in [-0.4, -0.2) is 11.7 Å². The number of carbonyl (C=O) groups excluding carboxylic acids is 2. The average Bonchev–Trinajstić information content (AvgIpc) is 2.89. The number of carbonyl (C=O) groups is 2. The smallest absolute Gasteiger partial charge is 0.231 e. The Hall–Kier alpha value is -2.67. The number of amides is 1. The molecule has 1 heterocycles. The molecule has 33 heavy (non-hydrogen) atoms. The van der Waals surface area contributed by atoms with E-state index in [-0.39, 0.29) is 40.3 Å². The predicted molar refractivity (Wildman–Crippen MR) is 131 cm³/mol. The van der Waals surface area contributed by atoms with Gasteiger partial charge in [0.15, 0.2) is 5.78 Å². The molecule has 4 rings (SSSR count). The van der Waals surface area contributed by atoms with Crippen LogP contribution in [0.3, 0.4) is 0 Å². The van der Waals surface area contributed by atoms with Crippen LogP contribution >= 0.6 is 0 Å². The van der Waals surface area contributed by atoms with Crippen LogP contribution in [0.4, 0.5) is 5.69 Å². The minimum atomic E-state index is -0.322. The summed E-state index contributed by atoms with van der Waals surface area (Å²) in [5.74, 6) is 0.723. The maximum absolute atomic E-state index is 13.3. The summed E-state index contributed by atoms with van der Waals surface area (Å²) in [6.07, 6.45) is 8.15. The summed E-state index contributed by atoms with van der Waals surface area (Å²) in [7, 11) is 0. The largest absolute Gasteiger partial charge is 0.295 e. The Morgan fingerprint density at radius 2 is 1.85 bits per heavy atom. The van der Waals surface area contributed by atoms with Crippen LogP contribution in [0.1, 0.15) is 78.7 Å². The molecular weight excluding hydrogens is 408 g/mol. The second-order valence-electron chi connectivity index (χ2n) is 11.4. The van der Waals surface area contributed by atoms with Crippen molar-refractivity contribution in [1.82, 2.24) is 0 Å². The highest BCUT2D eigenvalue weighted by Crippen LogP contribution is 2.57. The van der Waals surface area contributed by atoms with E-state index >= 15 is 0 Å². The van der Waals surface area contributed by atoms with E-state index in [0.717, 1.165) is 30.5 Å². The van der Waals surface area contributed by atoms with Crippen LogP contribution in [0.5, 0.6) is 0 Å². The molecule has 0 spiro atoms. The third-order valence-electron chi connectivity index (χ3n) is 8.36. The lowest BCUT2D eigenvalue weighted by molar-refractivity contribution is -0.128. The lowest BCUT2D eigenvalue weighted by atomic mass is 9.52. The fraction of sp³-hybridized carbons (Fsp3) is 0.552. The standard InChI is InChI=1S/C29H36N2O2/c1-19-17-25(32)27-24(23(19)7-6-16-30)13-10-21-18-31(26(33)14-15-29(21,27)5)22-11-8-20(9-12-22)28(2,3)4/h8-9,11-12,17-18,23-24,27H,6-7,10,13-15H2,1-5H3/t23-,24+,27-,29+/m1/s1. The van der Waals surface area contributed by atoms with E-state index in [0.29, 0.717) is 19.3 Å². The number of fused-ring (bicyclic) bond motifs is 3. The van der Waals surface area contributed by atoms with Crippen molar-refractivity contribution in [2.45, 2.75) is 78.6 Å². The van der Waals surface area contributed by atoms with Gasteiger partial charge < -0.3 is 0 Å². The third-order valence-corrected chi connectivity index (χ3v) is 8.36. The number of allylic oxidation sites excluding steroid dienone is 3. The van der Waals surface area contributed by atoms with Crippen LogP contribution in [0.15, 0.2) is 47.7 Å². The van der Waals surface area contributed by atoms with Gasteiger partial charge >= 0.3 is 0 Å². The van der Waals surface area contributed by atoms with Gasteiger partial charge in [-0.05, 0) is 79.2 Å². The summed E-state index contributed by atoms with van der Waals surface area (Å²) in [6, 6.07) is 10.6. The molecule has 4 heteroatoms. The summed E-state index contributed by atoms with van der Waals surface area (Å²) >= 11 is 0. The van der Waals surface area contributed by atoms with Crippen LogP contribution < -0.4 is 4.90 Å². The normalized spacial score (nSPS) is 29.9. The molecule has 0 radical (unpaired) electrons. The van der Waals surface area contributed by atoms with Gasteiger partial charge in [-0.3, -0.25) is 14.5 Å². The number of benzene rings is 1. The monoisotopic (exact) mass is 444 g/mol. The summed E-state index contributed by atoms with van der Waals surface area (Å²) in [6.45, 7) is 10.8. The second-order valence-corrected chi connectivity index (χ2v) is 11.4. The van der Waals surface area contributed by atoms with Gasteiger partial charge in [0.05, 0.1) is 6.07 Å². The van der Waals surface area contributed by atoms with Crippen molar-refractivity contribution in [2.24, 2.45) is 23.2 Å². The molecule has 1 saturated carbocycles. The Balaban J connectivity index is 1.70. The van der Waals surface area contributed by atoms with Crippen molar-refractivity contribution in [3.8, 4) is 6.07 Å². The number of hydrogen-bond acceptors (Lipinski definition) is 3. The molecule has 1 fully saturated rings. The number of hydrogen-bond donors (Lipinski definition) is 0. The Kier molecular flexibility index (Phi) is 6.12. The van der Waals surface area contributed by atoms with E-state index in [1.165, 1.54) is 11.1 Å². The molecule has 0 N–H and O–H groups in total. The Morgan fingerprint density at radius 3 is 2.48 bits per heavy atom. The van der Waals surface area contributed by atoms with E-state index < -0.39 is 0 Å². The van der Waals surface area contributed by atoms with E-state index in [1.807, 2.05) is 36.2 Å². The van der Waals surface area contributed by atoms with Gasteiger partial charge in [-0.15, -0.1) is 0 Å². The van der Waals surface area contributed by atoms with Crippen molar-refractivity contribution >= 4 is 17.4 Å². The first-order chi connectivity index (χ1) is 15.6. The highest BCUT2D eigenvalue weighted by molar-refractivity contribution is 5.97. The van der Waals surface area contributed by atoms with Crippen LogP contribution in [0.25, 0.3) is 0 Å². The summed E-state index contributed by atoms with van der Waals surface area (Å²) in [5.41, 5.74) is 4.21. The molecule has 3 aliphatic rings. The maximum Gasteiger partial charge on any atom is 0.231 e. The van der Waals surface area contributed by atoms with Gasteiger partial charge in [-0.1, -0.05) is 45.4 Å². The Morgan fingerprint density at radius 1 is 1.15 bits per heavy atom. The molecule has 4 nitrogen and oxygen atoms in total. The Bertz CT molecular complexity index is 1050. The molecule has 174 valence electrons. The molecule has 4 atom stereocenters. The van der Waals surface area contributed by atoms with Crippen LogP contribution in [0, 0.1) is 34.5 Å². The minimum Gasteiger partial charge on any atom is -0.295 e. The molecule has 0 saturated heterocycles. The predicted octanol–water partition coefficient (Wildman–Crippen LogP) is 6.48. The summed E-state index contributed by atoms with van der Waals surface area (Å²) < 4.78 is 0. The average molecular weight is 445 g/mol. The zero-order valence-corrected chi connectivity index (χ0v) is 20.6. The van der Waals surface area contributed by atoms with Crippen molar-refractivity contribution < 1.29 is 9.59 Å². The molecule has 1 amide bonds. The van der Waals surface area contributed by atoms with Crippen LogP contribution in [-0.2, 0) is 15.0 Å².